The first-order chi connectivity index (χ1) is 8.04. The Balaban J connectivity index is 2.52. The lowest BCUT2D eigenvalue weighted by Gasteiger charge is -2.37. The molecule has 0 aromatic carbocycles. The molecule has 106 valence electrons. The van der Waals surface area contributed by atoms with E-state index in [9.17, 15) is 9.90 Å². The van der Waals surface area contributed by atoms with Crippen LogP contribution in [0.15, 0.2) is 0 Å². The van der Waals surface area contributed by atoms with Gasteiger partial charge in [-0.15, -0.1) is 0 Å². The lowest BCUT2D eigenvalue weighted by Crippen LogP contribution is -2.43. The molecule has 0 unspecified atom stereocenters. The van der Waals surface area contributed by atoms with Gasteiger partial charge in [-0.05, 0) is 18.1 Å². The summed E-state index contributed by atoms with van der Waals surface area (Å²) in [5, 5.41) is 18.9. The highest BCUT2D eigenvalue weighted by Crippen LogP contribution is 2.37. The quantitative estimate of drug-likeness (QED) is 0.773. The highest BCUT2D eigenvalue weighted by molar-refractivity contribution is 6.74. The van der Waals surface area contributed by atoms with Crippen LogP contribution in [-0.4, -0.2) is 55.3 Å². The number of hydrogen-bond acceptors (Lipinski definition) is 3. The normalized spacial score (nSPS) is 25.6. The molecule has 5 nitrogen and oxygen atoms in total. The van der Waals surface area contributed by atoms with Crippen LogP contribution < -0.4 is 0 Å². The van der Waals surface area contributed by atoms with E-state index in [2.05, 4.69) is 33.9 Å². The largest absolute Gasteiger partial charge is 0.465 e. The van der Waals surface area contributed by atoms with Gasteiger partial charge in [0.2, 0.25) is 0 Å². The fraction of sp³-hybridized carbons (Fsp3) is 0.917. The Labute approximate surface area is 110 Å². The Kier molecular flexibility index (Phi) is 4.45. The second-order valence-electron chi connectivity index (χ2n) is 6.59. The molecule has 0 spiro atoms. The summed E-state index contributed by atoms with van der Waals surface area (Å²) >= 11 is 0. The summed E-state index contributed by atoms with van der Waals surface area (Å²) in [7, 11) is -1.83. The number of aliphatic hydroxyl groups excluding tert-OH is 1. The van der Waals surface area contributed by atoms with Crippen LogP contribution >= 0.6 is 0 Å². The summed E-state index contributed by atoms with van der Waals surface area (Å²) in [5.74, 6) is -0.102. The van der Waals surface area contributed by atoms with E-state index in [0.29, 0.717) is 13.2 Å². The van der Waals surface area contributed by atoms with Crippen LogP contribution in [0.25, 0.3) is 0 Å². The molecule has 18 heavy (non-hydrogen) atoms. The third kappa shape index (κ3) is 3.46. The molecule has 6 heteroatoms. The number of β-amino-alcohol motifs (C(OH)–C–C–N with tert-alkyl or cyclic N) is 1. The lowest BCUT2D eigenvalue weighted by atomic mass is 10.1. The molecule has 0 aromatic rings. The highest BCUT2D eigenvalue weighted by Gasteiger charge is 2.40. The van der Waals surface area contributed by atoms with E-state index >= 15 is 0 Å². The zero-order valence-electron chi connectivity index (χ0n) is 11.9. The van der Waals surface area contributed by atoms with Crippen molar-refractivity contribution in [1.29, 1.82) is 0 Å². The minimum atomic E-state index is -1.83. The van der Waals surface area contributed by atoms with Gasteiger partial charge in [0.25, 0.3) is 0 Å². The van der Waals surface area contributed by atoms with Crippen LogP contribution in [0.3, 0.4) is 0 Å². The summed E-state index contributed by atoms with van der Waals surface area (Å²) in [6, 6.07) is 0. The third-order valence-electron chi connectivity index (χ3n) is 4.14. The van der Waals surface area contributed by atoms with E-state index in [1.807, 2.05) is 0 Å². The molecular weight excluding hydrogens is 250 g/mol. The number of nitrogens with zero attached hydrogens (tertiary/aromatic N) is 1. The molecule has 0 aliphatic carbocycles. The molecule has 0 aromatic heterocycles. The summed E-state index contributed by atoms with van der Waals surface area (Å²) in [6.07, 6.45) is -1.57. The van der Waals surface area contributed by atoms with Gasteiger partial charge in [-0.2, -0.15) is 0 Å². The first kappa shape index (κ1) is 15.5. The minimum Gasteiger partial charge on any atom is -0.465 e. The number of carboxylic acid groups (broad SMARTS) is 1. The monoisotopic (exact) mass is 275 g/mol. The number of likely N-dealkylation sites (tertiary alicyclic amines) is 1. The maximum absolute atomic E-state index is 10.8. The maximum Gasteiger partial charge on any atom is 0.407 e. The minimum absolute atomic E-state index is 0.102. The van der Waals surface area contributed by atoms with E-state index < -0.39 is 20.5 Å². The Bertz CT molecular complexity index is 314. The number of amides is 1. The first-order valence-corrected chi connectivity index (χ1v) is 9.25. The third-order valence-corrected chi connectivity index (χ3v) is 8.64. The van der Waals surface area contributed by atoms with Crippen molar-refractivity contribution in [2.45, 2.75) is 45.0 Å². The van der Waals surface area contributed by atoms with Crippen LogP contribution in [-0.2, 0) is 4.43 Å². The van der Waals surface area contributed by atoms with Gasteiger partial charge in [0.05, 0.1) is 12.6 Å². The van der Waals surface area contributed by atoms with Crippen molar-refractivity contribution in [1.82, 2.24) is 4.90 Å². The van der Waals surface area contributed by atoms with Crippen molar-refractivity contribution in [3.05, 3.63) is 0 Å². The van der Waals surface area contributed by atoms with Gasteiger partial charge in [-0.3, -0.25) is 0 Å². The van der Waals surface area contributed by atoms with Crippen LogP contribution in [0, 0.1) is 5.92 Å². The zero-order chi connectivity index (χ0) is 14.1. The summed E-state index contributed by atoms with van der Waals surface area (Å²) < 4.78 is 6.04. The smallest absolute Gasteiger partial charge is 0.407 e. The van der Waals surface area contributed by atoms with Gasteiger partial charge in [-0.1, -0.05) is 20.8 Å². The second kappa shape index (κ2) is 5.18. The molecule has 0 radical (unpaired) electrons. The second-order valence-corrected chi connectivity index (χ2v) is 11.4. The molecule has 1 fully saturated rings. The SMILES string of the molecule is CC(C)(C)[Si](C)(C)OC[C@@H]1CN(C(=O)O)C[C@H]1O. The molecule has 1 aliphatic rings. The van der Waals surface area contributed by atoms with Crippen molar-refractivity contribution in [2.75, 3.05) is 19.7 Å². The Hall–Kier alpha value is -0.593. The molecule has 1 rings (SSSR count). The van der Waals surface area contributed by atoms with E-state index in [1.54, 1.807) is 0 Å². The lowest BCUT2D eigenvalue weighted by molar-refractivity contribution is 0.105. The van der Waals surface area contributed by atoms with Crippen LogP contribution in [0.2, 0.25) is 18.1 Å². The van der Waals surface area contributed by atoms with Crippen molar-refractivity contribution in [2.24, 2.45) is 5.92 Å². The predicted octanol–water partition coefficient (Wildman–Crippen LogP) is 1.98. The number of aliphatic hydroxyl groups is 1. The van der Waals surface area contributed by atoms with Crippen LogP contribution in [0.5, 0.6) is 0 Å². The maximum atomic E-state index is 10.8. The van der Waals surface area contributed by atoms with E-state index in [1.165, 1.54) is 4.90 Å². The molecule has 0 saturated carbocycles. The van der Waals surface area contributed by atoms with E-state index in [0.717, 1.165) is 0 Å². The standard InChI is InChI=1S/C12H25NO4Si/c1-12(2,3)18(4,5)17-8-9-6-13(11(15)16)7-10(9)14/h9-10,14H,6-8H2,1-5H3,(H,15,16)/t9-,10+/m0/s1. The fourth-order valence-corrected chi connectivity index (χ4v) is 2.77. The summed E-state index contributed by atoms with van der Waals surface area (Å²) in [5.41, 5.74) is 0. The molecule has 1 amide bonds. The molecular formula is C12H25NO4Si. The fourth-order valence-electron chi connectivity index (χ4n) is 1.71. The predicted molar refractivity (Wildman–Crippen MR) is 72.2 cm³/mol. The highest BCUT2D eigenvalue weighted by atomic mass is 28.4. The van der Waals surface area contributed by atoms with Crippen molar-refractivity contribution >= 4 is 14.4 Å². The Morgan fingerprint density at radius 2 is 1.94 bits per heavy atom. The summed E-state index contributed by atoms with van der Waals surface area (Å²) in [6.45, 7) is 11.8. The summed E-state index contributed by atoms with van der Waals surface area (Å²) in [4.78, 5) is 12.1. The number of rotatable bonds is 3. The average Bonchev–Trinajstić information content (AvgIpc) is 2.55. The Morgan fingerprint density at radius 3 is 2.33 bits per heavy atom. The molecule has 0 bridgehead atoms. The molecule has 2 atom stereocenters. The van der Waals surface area contributed by atoms with Gasteiger partial charge >= 0.3 is 6.09 Å². The number of carbonyl (C=O) groups is 1. The van der Waals surface area contributed by atoms with Gasteiger partial charge in [0.1, 0.15) is 0 Å². The molecule has 1 saturated heterocycles. The molecule has 1 aliphatic heterocycles. The van der Waals surface area contributed by atoms with Crippen LogP contribution in [0.4, 0.5) is 4.79 Å². The topological polar surface area (TPSA) is 70.0 Å². The molecule has 1 heterocycles. The number of hydrogen-bond donors (Lipinski definition) is 2. The zero-order valence-corrected chi connectivity index (χ0v) is 12.9. The van der Waals surface area contributed by atoms with Crippen molar-refractivity contribution < 1.29 is 19.4 Å². The van der Waals surface area contributed by atoms with Crippen LogP contribution in [0.1, 0.15) is 20.8 Å². The average molecular weight is 275 g/mol. The van der Waals surface area contributed by atoms with Gasteiger partial charge in [-0.25, -0.2) is 4.79 Å². The first-order valence-electron chi connectivity index (χ1n) is 6.34. The molecule has 2 N–H and O–H groups in total. The Morgan fingerprint density at radius 1 is 1.39 bits per heavy atom. The van der Waals surface area contributed by atoms with Gasteiger partial charge in [0, 0.05) is 19.1 Å². The van der Waals surface area contributed by atoms with E-state index in [4.69, 9.17) is 9.53 Å². The van der Waals surface area contributed by atoms with Crippen molar-refractivity contribution in [3.8, 4) is 0 Å². The van der Waals surface area contributed by atoms with Crippen molar-refractivity contribution in [3.63, 3.8) is 0 Å². The van der Waals surface area contributed by atoms with E-state index in [-0.39, 0.29) is 17.5 Å². The van der Waals surface area contributed by atoms with Gasteiger partial charge < -0.3 is 19.5 Å². The van der Waals surface area contributed by atoms with Gasteiger partial charge in [0.15, 0.2) is 8.32 Å².